The highest BCUT2D eigenvalue weighted by Crippen LogP contribution is 2.42. The molecular formula is C86H52N6O2. The van der Waals surface area contributed by atoms with Gasteiger partial charge >= 0.3 is 0 Å². The highest BCUT2D eigenvalue weighted by Gasteiger charge is 2.21. The second-order valence-electron chi connectivity index (χ2n) is 23.7. The fourth-order valence-corrected chi connectivity index (χ4v) is 13.4. The Kier molecular flexibility index (Phi) is 13.0. The van der Waals surface area contributed by atoms with Gasteiger partial charge in [0.05, 0.1) is 0 Å². The Balaban J connectivity index is 0.712. The number of hydrogen-bond acceptors (Lipinski definition) is 8. The molecule has 0 amide bonds. The SMILES string of the molecule is c1ccc(-c2ccc(-c3nc(-c4cccc(-c5ccccc5-c5cccc(-c6nc(-c7ccccc7)nc(-c7cccc(-c8cccc9c8ccc8c%10ccccc%10oc98)c7)n6)c5)c4)nc(-c4cccc(-c5cccc6c5ccc5c7ccccc7oc65)c4)n3)cc2)cc1. The van der Waals surface area contributed by atoms with E-state index in [-0.39, 0.29) is 0 Å². The quantitative estimate of drug-likeness (QED) is 0.126. The van der Waals surface area contributed by atoms with Crippen LogP contribution in [0.2, 0.25) is 0 Å². The van der Waals surface area contributed by atoms with Gasteiger partial charge in [0.25, 0.3) is 0 Å². The first kappa shape index (κ1) is 54.2. The Morgan fingerprint density at radius 1 is 0.160 bits per heavy atom. The lowest BCUT2D eigenvalue weighted by molar-refractivity contribution is 0.672. The lowest BCUT2D eigenvalue weighted by Gasteiger charge is -2.14. The van der Waals surface area contributed by atoms with Gasteiger partial charge < -0.3 is 8.83 Å². The third kappa shape index (κ3) is 9.64. The summed E-state index contributed by atoms with van der Waals surface area (Å²) in [7, 11) is 0. The highest BCUT2D eigenvalue weighted by molar-refractivity contribution is 6.19. The minimum Gasteiger partial charge on any atom is -0.455 e. The van der Waals surface area contributed by atoms with Gasteiger partial charge in [0.1, 0.15) is 22.3 Å². The summed E-state index contributed by atoms with van der Waals surface area (Å²) in [6, 6.07) is 110. The topological polar surface area (TPSA) is 104 Å². The lowest BCUT2D eigenvalue weighted by Crippen LogP contribution is -2.01. The van der Waals surface area contributed by atoms with Crippen LogP contribution in [-0.4, -0.2) is 29.9 Å². The zero-order chi connectivity index (χ0) is 62.1. The van der Waals surface area contributed by atoms with Crippen LogP contribution >= 0.6 is 0 Å². The Labute approximate surface area is 540 Å². The van der Waals surface area contributed by atoms with Crippen LogP contribution in [0.1, 0.15) is 0 Å². The van der Waals surface area contributed by atoms with Gasteiger partial charge in [0.2, 0.25) is 0 Å². The van der Waals surface area contributed by atoms with Crippen LogP contribution < -0.4 is 0 Å². The third-order valence-corrected chi connectivity index (χ3v) is 18.0. The van der Waals surface area contributed by atoms with Crippen molar-refractivity contribution in [1.29, 1.82) is 0 Å². The first-order valence-corrected chi connectivity index (χ1v) is 31.5. The monoisotopic (exact) mass is 1200 g/mol. The number of para-hydroxylation sites is 2. The van der Waals surface area contributed by atoms with E-state index in [1.165, 1.54) is 0 Å². The second-order valence-corrected chi connectivity index (χ2v) is 23.7. The Morgan fingerprint density at radius 2 is 0.415 bits per heavy atom. The van der Waals surface area contributed by atoms with Gasteiger partial charge in [-0.2, -0.15) is 0 Å². The number of furan rings is 2. The molecule has 0 aliphatic heterocycles. The molecule has 0 unspecified atom stereocenters. The van der Waals surface area contributed by atoms with Crippen molar-refractivity contribution >= 4 is 65.4 Å². The van der Waals surface area contributed by atoms with Gasteiger partial charge in [-0.1, -0.05) is 267 Å². The molecule has 14 aromatic carbocycles. The van der Waals surface area contributed by atoms with Crippen LogP contribution in [0.3, 0.4) is 0 Å². The first-order chi connectivity index (χ1) is 46.5. The summed E-state index contributed by atoms with van der Waals surface area (Å²) in [6.07, 6.45) is 0. The Bertz CT molecular complexity index is 6000. The second kappa shape index (κ2) is 22.6. The van der Waals surface area contributed by atoms with Crippen LogP contribution in [-0.2, 0) is 0 Å². The van der Waals surface area contributed by atoms with Gasteiger partial charge in [-0.25, -0.2) is 29.9 Å². The smallest absolute Gasteiger partial charge is 0.164 e. The van der Waals surface area contributed by atoms with Crippen LogP contribution in [0, 0.1) is 0 Å². The van der Waals surface area contributed by atoms with Crippen molar-refractivity contribution < 1.29 is 8.83 Å². The van der Waals surface area contributed by atoms with Crippen molar-refractivity contribution in [3.8, 4) is 124 Å². The maximum absolute atomic E-state index is 6.51. The molecule has 4 aromatic heterocycles. The van der Waals surface area contributed by atoms with Gasteiger partial charge in [0.15, 0.2) is 34.9 Å². The fraction of sp³-hybridized carbons (Fsp3) is 0. The lowest BCUT2D eigenvalue weighted by atomic mass is 9.92. The fourth-order valence-electron chi connectivity index (χ4n) is 13.4. The summed E-state index contributed by atoms with van der Waals surface area (Å²) in [4.78, 5) is 31.5. The summed E-state index contributed by atoms with van der Waals surface area (Å²) >= 11 is 0. The van der Waals surface area contributed by atoms with Crippen LogP contribution in [0.15, 0.2) is 324 Å². The molecule has 0 aliphatic carbocycles. The summed E-state index contributed by atoms with van der Waals surface area (Å²) in [6.45, 7) is 0. The molecule has 8 heteroatoms. The summed E-state index contributed by atoms with van der Waals surface area (Å²) < 4.78 is 13.0. The van der Waals surface area contributed by atoms with E-state index < -0.39 is 0 Å². The molecule has 0 spiro atoms. The molecular weight excluding hydrogens is 1150 g/mol. The van der Waals surface area contributed by atoms with Gasteiger partial charge in [0, 0.05) is 65.7 Å². The minimum absolute atomic E-state index is 0.558. The predicted molar refractivity (Wildman–Crippen MR) is 383 cm³/mol. The number of rotatable bonds is 11. The molecule has 0 fully saturated rings. The van der Waals surface area contributed by atoms with Crippen molar-refractivity contribution in [2.45, 2.75) is 0 Å². The molecule has 8 nitrogen and oxygen atoms in total. The third-order valence-electron chi connectivity index (χ3n) is 18.0. The van der Waals surface area contributed by atoms with Crippen molar-refractivity contribution in [2.24, 2.45) is 0 Å². The summed E-state index contributed by atoms with van der Waals surface area (Å²) in [5.41, 5.74) is 19.4. The maximum Gasteiger partial charge on any atom is 0.164 e. The number of fused-ring (bicyclic) bond motifs is 10. The van der Waals surface area contributed by atoms with Crippen molar-refractivity contribution in [3.05, 3.63) is 315 Å². The number of aromatic nitrogens is 6. The zero-order valence-electron chi connectivity index (χ0n) is 50.5. The van der Waals surface area contributed by atoms with E-state index >= 15 is 0 Å². The van der Waals surface area contributed by atoms with Crippen molar-refractivity contribution in [2.75, 3.05) is 0 Å². The van der Waals surface area contributed by atoms with E-state index in [0.29, 0.717) is 34.9 Å². The maximum atomic E-state index is 6.51. The van der Waals surface area contributed by atoms with E-state index in [0.717, 1.165) is 154 Å². The predicted octanol–water partition coefficient (Wildman–Crippen LogP) is 22.5. The summed E-state index contributed by atoms with van der Waals surface area (Å²) in [5.74, 6) is 3.42. The van der Waals surface area contributed by atoms with E-state index in [2.05, 4.69) is 255 Å². The summed E-state index contributed by atoms with van der Waals surface area (Å²) in [5, 5.41) is 8.75. The average Bonchev–Trinajstić information content (AvgIpc) is 1.58. The van der Waals surface area contributed by atoms with E-state index in [1.54, 1.807) is 0 Å². The molecule has 0 N–H and O–H groups in total. The largest absolute Gasteiger partial charge is 0.455 e. The standard InChI is InChI=1S/C86H52N6O2/c1-3-19-53(20-4-1)54-41-43-56(44-42-54)82-89-85(92-86(90-82)64-30-16-26-60(52-64)68-36-18-38-74-70(68)46-48-76-72-34-10-12-40-78(72)94-80(74)76)62-28-14-24-58(50-62)66-32-8-7-31-65(66)57-23-13-27-61(49-57)83-87-81(55-21-5-2-6-22-55)88-84(91-83)63-29-15-25-59(51-63)67-35-17-37-73-69(67)45-47-75-71-33-9-11-39-77(71)93-79(73)75/h1-52H. The van der Waals surface area contributed by atoms with Crippen molar-refractivity contribution in [3.63, 3.8) is 0 Å². The first-order valence-electron chi connectivity index (χ1n) is 31.5. The van der Waals surface area contributed by atoms with Crippen LogP contribution in [0.5, 0.6) is 0 Å². The molecule has 0 saturated carbocycles. The average molecular weight is 1200 g/mol. The van der Waals surface area contributed by atoms with Crippen LogP contribution in [0.4, 0.5) is 0 Å². The molecule has 0 aliphatic rings. The Morgan fingerprint density at radius 3 is 0.840 bits per heavy atom. The molecule has 4 heterocycles. The number of benzene rings is 14. The molecule has 0 saturated heterocycles. The van der Waals surface area contributed by atoms with Gasteiger partial charge in [-0.15, -0.1) is 0 Å². The molecule has 18 aromatic rings. The molecule has 0 bridgehead atoms. The molecule has 438 valence electrons. The minimum atomic E-state index is 0.558. The Hall–Kier alpha value is -12.8. The van der Waals surface area contributed by atoms with E-state index in [4.69, 9.17) is 38.7 Å². The number of nitrogens with zero attached hydrogens (tertiary/aromatic N) is 6. The van der Waals surface area contributed by atoms with E-state index in [1.807, 2.05) is 60.7 Å². The van der Waals surface area contributed by atoms with E-state index in [9.17, 15) is 0 Å². The molecule has 0 radical (unpaired) electrons. The molecule has 0 atom stereocenters. The molecule has 94 heavy (non-hydrogen) atoms. The normalized spacial score (nSPS) is 11.6. The van der Waals surface area contributed by atoms with Crippen molar-refractivity contribution in [1.82, 2.24) is 29.9 Å². The van der Waals surface area contributed by atoms with Crippen LogP contribution in [0.25, 0.3) is 189 Å². The molecule has 18 rings (SSSR count). The van der Waals surface area contributed by atoms with Gasteiger partial charge in [-0.3, -0.25) is 0 Å². The highest BCUT2D eigenvalue weighted by atomic mass is 16.3. The zero-order valence-corrected chi connectivity index (χ0v) is 50.5. The van der Waals surface area contributed by atoms with Gasteiger partial charge in [-0.05, 0) is 115 Å². The number of hydrogen-bond donors (Lipinski definition) is 0.